The number of nitrogens with one attached hydrogen (secondary N) is 1. The fourth-order valence-corrected chi connectivity index (χ4v) is 2.18. The van der Waals surface area contributed by atoms with Crippen LogP contribution in [0.25, 0.3) is 10.8 Å². The van der Waals surface area contributed by atoms with Gasteiger partial charge in [0.1, 0.15) is 0 Å². The minimum atomic E-state index is -0.132. The summed E-state index contributed by atoms with van der Waals surface area (Å²) in [5, 5.41) is 5.20. The van der Waals surface area contributed by atoms with Crippen molar-refractivity contribution >= 4 is 16.7 Å². The van der Waals surface area contributed by atoms with Crippen LogP contribution in [0, 0.1) is 0 Å². The second-order valence-corrected chi connectivity index (χ2v) is 4.81. The van der Waals surface area contributed by atoms with Crippen molar-refractivity contribution in [1.82, 2.24) is 5.32 Å². The normalized spacial score (nSPS) is 12.3. The highest BCUT2D eigenvalue weighted by Gasteiger charge is 2.11. The van der Waals surface area contributed by atoms with E-state index in [-0.39, 0.29) is 11.9 Å². The number of ether oxygens (including phenoxy) is 1. The van der Waals surface area contributed by atoms with Crippen LogP contribution in [0.2, 0.25) is 0 Å². The van der Waals surface area contributed by atoms with Crippen LogP contribution in [-0.4, -0.2) is 32.2 Å². The lowest BCUT2D eigenvalue weighted by molar-refractivity contribution is -0.121. The Labute approximate surface area is 118 Å². The Morgan fingerprint density at radius 2 is 2.00 bits per heavy atom. The highest BCUT2D eigenvalue weighted by atomic mass is 16.5. The Bertz CT molecular complexity index is 583. The molecule has 0 radical (unpaired) electrons. The van der Waals surface area contributed by atoms with Crippen LogP contribution in [-0.2, 0) is 16.0 Å². The number of benzene rings is 2. The molecule has 1 amide bonds. The number of amides is 1. The maximum atomic E-state index is 12.0. The largest absolute Gasteiger partial charge is 0.383 e. The molecular formula is C16H20N2O2. The summed E-state index contributed by atoms with van der Waals surface area (Å²) in [6.45, 7) is 0.803. The van der Waals surface area contributed by atoms with Crippen LogP contribution in [0.5, 0.6) is 0 Å². The fraction of sp³-hybridized carbons (Fsp3) is 0.312. The van der Waals surface area contributed by atoms with Gasteiger partial charge in [-0.15, -0.1) is 0 Å². The van der Waals surface area contributed by atoms with Gasteiger partial charge in [-0.1, -0.05) is 42.5 Å². The molecule has 0 bridgehead atoms. The van der Waals surface area contributed by atoms with E-state index in [9.17, 15) is 4.79 Å². The minimum absolute atomic E-state index is 0.0345. The summed E-state index contributed by atoms with van der Waals surface area (Å²) >= 11 is 0. The Morgan fingerprint density at radius 1 is 1.25 bits per heavy atom. The molecule has 1 atom stereocenters. The first kappa shape index (κ1) is 14.5. The van der Waals surface area contributed by atoms with Gasteiger partial charge < -0.3 is 15.8 Å². The maximum absolute atomic E-state index is 12.0. The van der Waals surface area contributed by atoms with Gasteiger partial charge in [0, 0.05) is 13.7 Å². The van der Waals surface area contributed by atoms with Gasteiger partial charge in [0.15, 0.2) is 0 Å². The molecule has 0 spiro atoms. The predicted octanol–water partition coefficient (Wildman–Crippen LogP) is 1.47. The quantitative estimate of drug-likeness (QED) is 0.837. The second-order valence-electron chi connectivity index (χ2n) is 4.81. The van der Waals surface area contributed by atoms with Gasteiger partial charge in [0.2, 0.25) is 5.91 Å². The van der Waals surface area contributed by atoms with Gasteiger partial charge in [-0.25, -0.2) is 0 Å². The van der Waals surface area contributed by atoms with E-state index in [1.54, 1.807) is 7.11 Å². The number of carbonyl (C=O) groups excluding carboxylic acids is 1. The summed E-state index contributed by atoms with van der Waals surface area (Å²) in [5.41, 5.74) is 6.57. The summed E-state index contributed by atoms with van der Waals surface area (Å²) in [7, 11) is 1.60. The minimum Gasteiger partial charge on any atom is -0.383 e. The molecule has 2 aromatic rings. The van der Waals surface area contributed by atoms with Crippen molar-refractivity contribution in [2.75, 3.05) is 20.3 Å². The van der Waals surface area contributed by atoms with E-state index < -0.39 is 0 Å². The van der Waals surface area contributed by atoms with Crippen molar-refractivity contribution in [3.63, 3.8) is 0 Å². The van der Waals surface area contributed by atoms with Gasteiger partial charge in [0.25, 0.3) is 0 Å². The number of methoxy groups -OCH3 is 1. The number of hydrogen-bond acceptors (Lipinski definition) is 3. The topological polar surface area (TPSA) is 64.3 Å². The zero-order chi connectivity index (χ0) is 14.4. The average Bonchev–Trinajstić information content (AvgIpc) is 2.46. The zero-order valence-corrected chi connectivity index (χ0v) is 11.6. The van der Waals surface area contributed by atoms with E-state index in [4.69, 9.17) is 10.5 Å². The van der Waals surface area contributed by atoms with Crippen molar-refractivity contribution in [1.29, 1.82) is 0 Å². The summed E-state index contributed by atoms with van der Waals surface area (Å²) in [4.78, 5) is 12.0. The van der Waals surface area contributed by atoms with Crippen LogP contribution >= 0.6 is 0 Å². The van der Waals surface area contributed by atoms with E-state index in [1.807, 2.05) is 36.4 Å². The van der Waals surface area contributed by atoms with Crippen LogP contribution in [0.3, 0.4) is 0 Å². The number of carbonyl (C=O) groups is 1. The molecule has 0 aliphatic rings. The van der Waals surface area contributed by atoms with E-state index in [0.717, 1.165) is 10.9 Å². The molecule has 3 N–H and O–H groups in total. The van der Waals surface area contributed by atoms with Crippen molar-refractivity contribution in [2.45, 2.75) is 12.5 Å². The number of hydrogen-bond donors (Lipinski definition) is 2. The van der Waals surface area contributed by atoms with Gasteiger partial charge in [-0.3, -0.25) is 4.79 Å². The zero-order valence-electron chi connectivity index (χ0n) is 11.6. The number of fused-ring (bicyclic) bond motifs is 1. The third-order valence-electron chi connectivity index (χ3n) is 3.20. The third-order valence-corrected chi connectivity index (χ3v) is 3.20. The number of rotatable bonds is 6. The Morgan fingerprint density at radius 3 is 2.70 bits per heavy atom. The highest BCUT2D eigenvalue weighted by molar-refractivity contribution is 5.85. The molecule has 0 saturated carbocycles. The van der Waals surface area contributed by atoms with Crippen LogP contribution < -0.4 is 11.1 Å². The van der Waals surface area contributed by atoms with E-state index >= 15 is 0 Å². The Balaban J connectivity index is 2.02. The lowest BCUT2D eigenvalue weighted by Gasteiger charge is -2.15. The highest BCUT2D eigenvalue weighted by Crippen LogP contribution is 2.15. The van der Waals surface area contributed by atoms with E-state index in [2.05, 4.69) is 11.4 Å². The first-order valence-corrected chi connectivity index (χ1v) is 6.69. The molecule has 1 unspecified atom stereocenters. The Hall–Kier alpha value is -1.91. The van der Waals surface area contributed by atoms with Crippen molar-refractivity contribution in [3.8, 4) is 0 Å². The third kappa shape index (κ3) is 3.79. The fourth-order valence-electron chi connectivity index (χ4n) is 2.18. The predicted molar refractivity (Wildman–Crippen MR) is 80.5 cm³/mol. The maximum Gasteiger partial charge on any atom is 0.224 e. The van der Waals surface area contributed by atoms with Gasteiger partial charge in [0.05, 0.1) is 19.1 Å². The summed E-state index contributed by atoms with van der Waals surface area (Å²) < 4.78 is 5.01. The first-order valence-electron chi connectivity index (χ1n) is 6.69. The van der Waals surface area contributed by atoms with Gasteiger partial charge in [-0.05, 0) is 16.3 Å². The number of nitrogens with two attached hydrogens (primary N) is 1. The molecule has 0 aliphatic carbocycles. The molecule has 106 valence electrons. The molecule has 0 saturated heterocycles. The molecule has 4 nitrogen and oxygen atoms in total. The molecule has 0 fully saturated rings. The second kappa shape index (κ2) is 7.03. The molecule has 2 aromatic carbocycles. The monoisotopic (exact) mass is 272 g/mol. The van der Waals surface area contributed by atoms with Crippen molar-refractivity contribution in [3.05, 3.63) is 48.0 Å². The van der Waals surface area contributed by atoms with Crippen LogP contribution in [0.4, 0.5) is 0 Å². The van der Waals surface area contributed by atoms with Crippen LogP contribution in [0.1, 0.15) is 5.56 Å². The standard InChI is InChI=1S/C16H20N2O2/c1-20-11-15(10-17)18-16(19)9-12-6-7-13-4-2-3-5-14(13)8-12/h2-8,15H,9-11,17H2,1H3,(H,18,19). The molecule has 0 aromatic heterocycles. The summed E-state index contributed by atoms with van der Waals surface area (Å²) in [6.07, 6.45) is 0.352. The van der Waals surface area contributed by atoms with Crippen LogP contribution in [0.15, 0.2) is 42.5 Å². The molecule has 2 rings (SSSR count). The molecular weight excluding hydrogens is 252 g/mol. The molecule has 4 heteroatoms. The summed E-state index contributed by atoms with van der Waals surface area (Å²) in [6, 6.07) is 14.0. The molecule has 0 heterocycles. The Kier molecular flexibility index (Phi) is 5.09. The molecule has 0 aliphatic heterocycles. The summed E-state index contributed by atoms with van der Waals surface area (Å²) in [5.74, 6) is -0.0345. The van der Waals surface area contributed by atoms with Gasteiger partial charge >= 0.3 is 0 Å². The average molecular weight is 272 g/mol. The van der Waals surface area contributed by atoms with Crippen molar-refractivity contribution in [2.24, 2.45) is 5.73 Å². The van der Waals surface area contributed by atoms with E-state index in [1.165, 1.54) is 5.39 Å². The lowest BCUT2D eigenvalue weighted by Crippen LogP contribution is -2.43. The molecule has 20 heavy (non-hydrogen) atoms. The SMILES string of the molecule is COCC(CN)NC(=O)Cc1ccc2ccccc2c1. The first-order chi connectivity index (χ1) is 9.72. The van der Waals surface area contributed by atoms with E-state index in [0.29, 0.717) is 19.6 Å². The smallest absolute Gasteiger partial charge is 0.224 e. The van der Waals surface area contributed by atoms with Crippen molar-refractivity contribution < 1.29 is 9.53 Å². The van der Waals surface area contributed by atoms with Gasteiger partial charge in [-0.2, -0.15) is 0 Å². The lowest BCUT2D eigenvalue weighted by atomic mass is 10.0.